The third kappa shape index (κ3) is 2.97. The van der Waals surface area contributed by atoms with E-state index in [1.54, 1.807) is 12.1 Å². The summed E-state index contributed by atoms with van der Waals surface area (Å²) in [5, 5.41) is 2.90. The lowest BCUT2D eigenvalue weighted by molar-refractivity contribution is -0.158. The van der Waals surface area contributed by atoms with E-state index in [2.05, 4.69) is 5.32 Å². The summed E-state index contributed by atoms with van der Waals surface area (Å²) >= 11 is 0. The molecule has 2 aromatic rings. The SMILES string of the molecule is COC(=O)C12CC3=CCC4C(=O)N(c5ccccc5)C(=O)C4C3Cc3ccccc3[C@@H]1CNC2=O. The molecule has 2 aromatic carbocycles. The standard InChI is InChI=1S/C28H26N2O5/c1-35-27(34)28-14-17-11-12-20-23(25(32)30(24(20)31)18-8-3-2-4-9-18)21(17)13-16-7-5-6-10-19(16)22(28)15-29-26(28)33/h2-11,20-23H,12-15H2,1H3,(H,29,33)/t20?,21?,22-,23?,28?/m0/s1. The molecule has 5 atom stereocenters. The van der Waals surface area contributed by atoms with E-state index >= 15 is 0 Å². The van der Waals surface area contributed by atoms with Gasteiger partial charge in [-0.25, -0.2) is 0 Å². The Morgan fingerprint density at radius 2 is 1.74 bits per heavy atom. The Balaban J connectivity index is 1.49. The molecule has 0 bridgehead atoms. The van der Waals surface area contributed by atoms with Crippen LogP contribution in [0, 0.1) is 23.2 Å². The van der Waals surface area contributed by atoms with Crippen molar-refractivity contribution < 1.29 is 23.9 Å². The Kier molecular flexibility index (Phi) is 4.91. The first-order valence-electron chi connectivity index (χ1n) is 12.0. The number of methoxy groups -OCH3 is 1. The van der Waals surface area contributed by atoms with Gasteiger partial charge in [0.25, 0.3) is 0 Å². The molecular formula is C28H26N2O5. The number of fused-ring (bicyclic) bond motifs is 6. The summed E-state index contributed by atoms with van der Waals surface area (Å²) < 4.78 is 5.20. The van der Waals surface area contributed by atoms with Crippen LogP contribution in [-0.2, 0) is 30.3 Å². The molecule has 0 aromatic heterocycles. The van der Waals surface area contributed by atoms with Crippen LogP contribution in [0.1, 0.15) is 29.9 Å². The van der Waals surface area contributed by atoms with Gasteiger partial charge in [0.1, 0.15) is 0 Å². The van der Waals surface area contributed by atoms with Crippen molar-refractivity contribution in [2.24, 2.45) is 23.2 Å². The summed E-state index contributed by atoms with van der Waals surface area (Å²) in [5.41, 5.74) is 1.99. The number of allylic oxidation sites excluding steroid dienone is 2. The number of hydrogen-bond acceptors (Lipinski definition) is 5. The molecule has 35 heavy (non-hydrogen) atoms. The highest BCUT2D eigenvalue weighted by Crippen LogP contribution is 2.54. The zero-order chi connectivity index (χ0) is 24.3. The van der Waals surface area contributed by atoms with Crippen molar-refractivity contribution in [2.45, 2.75) is 25.2 Å². The summed E-state index contributed by atoms with van der Waals surface area (Å²) in [5.74, 6) is -2.92. The first kappa shape index (κ1) is 21.8. The topological polar surface area (TPSA) is 92.8 Å². The lowest BCUT2D eigenvalue weighted by atomic mass is 9.60. The minimum atomic E-state index is -1.40. The van der Waals surface area contributed by atoms with Crippen LogP contribution in [0.3, 0.4) is 0 Å². The molecule has 4 unspecified atom stereocenters. The number of benzene rings is 2. The monoisotopic (exact) mass is 470 g/mol. The molecular weight excluding hydrogens is 444 g/mol. The van der Waals surface area contributed by atoms with Crippen LogP contribution in [0.15, 0.2) is 66.2 Å². The van der Waals surface area contributed by atoms with Gasteiger partial charge in [-0.05, 0) is 48.4 Å². The molecule has 2 heterocycles. The molecule has 0 radical (unpaired) electrons. The number of hydrogen-bond donors (Lipinski definition) is 1. The zero-order valence-corrected chi connectivity index (χ0v) is 19.4. The van der Waals surface area contributed by atoms with E-state index in [9.17, 15) is 19.2 Å². The minimum absolute atomic E-state index is 0.184. The van der Waals surface area contributed by atoms with Gasteiger partial charge < -0.3 is 10.1 Å². The molecule has 6 rings (SSSR count). The van der Waals surface area contributed by atoms with Crippen molar-refractivity contribution >= 4 is 29.4 Å². The lowest BCUT2D eigenvalue weighted by Gasteiger charge is -2.40. The van der Waals surface area contributed by atoms with Gasteiger partial charge >= 0.3 is 5.97 Å². The Hall–Kier alpha value is -3.74. The number of imide groups is 1. The summed E-state index contributed by atoms with van der Waals surface area (Å²) in [6.07, 6.45) is 3.17. The number of para-hydroxylation sites is 1. The van der Waals surface area contributed by atoms with Gasteiger partial charge in [0.05, 0.1) is 24.6 Å². The highest BCUT2D eigenvalue weighted by atomic mass is 16.5. The first-order chi connectivity index (χ1) is 17.0. The van der Waals surface area contributed by atoms with Crippen molar-refractivity contribution in [3.05, 3.63) is 77.4 Å². The van der Waals surface area contributed by atoms with Gasteiger partial charge in [0.15, 0.2) is 5.41 Å². The van der Waals surface area contributed by atoms with Gasteiger partial charge in [-0.2, -0.15) is 0 Å². The van der Waals surface area contributed by atoms with Gasteiger partial charge in [-0.3, -0.25) is 24.1 Å². The molecule has 3 amide bonds. The number of anilines is 1. The molecule has 2 saturated heterocycles. The molecule has 1 N–H and O–H groups in total. The lowest BCUT2D eigenvalue weighted by Crippen LogP contribution is -2.46. The summed E-state index contributed by atoms with van der Waals surface area (Å²) in [6, 6.07) is 16.8. The Bertz CT molecular complexity index is 1290. The maximum absolute atomic E-state index is 13.8. The quantitative estimate of drug-likeness (QED) is 0.315. The van der Waals surface area contributed by atoms with Gasteiger partial charge in [-0.1, -0.05) is 54.1 Å². The first-order valence-corrected chi connectivity index (χ1v) is 12.0. The van der Waals surface area contributed by atoms with Crippen LogP contribution in [0.4, 0.5) is 5.69 Å². The van der Waals surface area contributed by atoms with E-state index in [4.69, 9.17) is 4.74 Å². The average Bonchev–Trinajstić information content (AvgIpc) is 3.33. The third-order valence-corrected chi connectivity index (χ3v) is 8.40. The zero-order valence-electron chi connectivity index (χ0n) is 19.4. The number of carbonyl (C=O) groups excluding carboxylic acids is 4. The van der Waals surface area contributed by atoms with E-state index < -0.39 is 23.2 Å². The number of amides is 3. The molecule has 2 aliphatic carbocycles. The van der Waals surface area contributed by atoms with Crippen molar-refractivity contribution in [1.29, 1.82) is 0 Å². The number of ether oxygens (including phenoxy) is 1. The van der Waals surface area contributed by atoms with Crippen molar-refractivity contribution in [1.82, 2.24) is 5.32 Å². The summed E-state index contributed by atoms with van der Waals surface area (Å²) in [4.78, 5) is 55.1. The van der Waals surface area contributed by atoms with E-state index in [-0.39, 0.29) is 36.0 Å². The predicted octanol–water partition coefficient (Wildman–Crippen LogP) is 2.76. The molecule has 2 aliphatic heterocycles. The van der Waals surface area contributed by atoms with Crippen LogP contribution in [0.25, 0.3) is 0 Å². The van der Waals surface area contributed by atoms with E-state index in [0.29, 0.717) is 25.1 Å². The van der Waals surface area contributed by atoms with Gasteiger partial charge in [0.2, 0.25) is 17.7 Å². The molecule has 7 nitrogen and oxygen atoms in total. The fourth-order valence-electron chi connectivity index (χ4n) is 6.77. The normalized spacial score (nSPS) is 31.3. The van der Waals surface area contributed by atoms with Crippen LogP contribution in [0.5, 0.6) is 0 Å². The van der Waals surface area contributed by atoms with Gasteiger partial charge in [0, 0.05) is 12.5 Å². The van der Waals surface area contributed by atoms with E-state index in [0.717, 1.165) is 16.7 Å². The number of rotatable bonds is 2. The largest absolute Gasteiger partial charge is 0.468 e. The minimum Gasteiger partial charge on any atom is -0.468 e. The van der Waals surface area contributed by atoms with Crippen molar-refractivity contribution in [3.8, 4) is 0 Å². The van der Waals surface area contributed by atoms with Crippen LogP contribution in [-0.4, -0.2) is 37.3 Å². The fraction of sp³-hybridized carbons (Fsp3) is 0.357. The number of esters is 1. The van der Waals surface area contributed by atoms with Crippen LogP contribution >= 0.6 is 0 Å². The van der Waals surface area contributed by atoms with Crippen molar-refractivity contribution in [2.75, 3.05) is 18.6 Å². The smallest absolute Gasteiger partial charge is 0.322 e. The number of nitrogens with one attached hydrogen (secondary N) is 1. The van der Waals surface area contributed by atoms with Crippen LogP contribution < -0.4 is 10.2 Å². The average molecular weight is 471 g/mol. The van der Waals surface area contributed by atoms with E-state index in [1.807, 2.05) is 48.5 Å². The molecule has 178 valence electrons. The maximum Gasteiger partial charge on any atom is 0.322 e. The fourth-order valence-corrected chi connectivity index (χ4v) is 6.77. The molecule has 7 heteroatoms. The van der Waals surface area contributed by atoms with Crippen molar-refractivity contribution in [3.63, 3.8) is 0 Å². The number of nitrogens with zero attached hydrogens (tertiary/aromatic N) is 1. The Labute approximate surface area is 203 Å². The second-order valence-electron chi connectivity index (χ2n) is 9.91. The highest BCUT2D eigenvalue weighted by molar-refractivity contribution is 6.22. The van der Waals surface area contributed by atoms with E-state index in [1.165, 1.54) is 12.0 Å². The second-order valence-corrected chi connectivity index (χ2v) is 9.91. The third-order valence-electron chi connectivity index (χ3n) is 8.40. The van der Waals surface area contributed by atoms with Crippen LogP contribution in [0.2, 0.25) is 0 Å². The van der Waals surface area contributed by atoms with Gasteiger partial charge in [-0.15, -0.1) is 0 Å². The maximum atomic E-state index is 13.8. The summed E-state index contributed by atoms with van der Waals surface area (Å²) in [7, 11) is 1.31. The Morgan fingerprint density at radius 3 is 2.51 bits per heavy atom. The molecule has 0 saturated carbocycles. The molecule has 0 spiro atoms. The molecule has 2 fully saturated rings. The Morgan fingerprint density at radius 1 is 1.00 bits per heavy atom. The number of carbonyl (C=O) groups is 4. The summed E-state index contributed by atoms with van der Waals surface area (Å²) in [6.45, 7) is 0.355. The highest BCUT2D eigenvalue weighted by Gasteiger charge is 2.61. The molecule has 4 aliphatic rings. The second kappa shape index (κ2) is 7.90. The predicted molar refractivity (Wildman–Crippen MR) is 127 cm³/mol.